The summed E-state index contributed by atoms with van der Waals surface area (Å²) in [6, 6.07) is 7.50. The second-order valence-corrected chi connectivity index (χ2v) is 9.89. The molecule has 0 saturated carbocycles. The molecule has 2 aromatic rings. The maximum Gasteiger partial charge on any atom is 0.342 e. The van der Waals surface area contributed by atoms with Crippen molar-refractivity contribution in [3.8, 4) is 0 Å². The molecule has 186 valence electrons. The summed E-state index contributed by atoms with van der Waals surface area (Å²) in [5.74, 6) is -0.705. The minimum absolute atomic E-state index is 0.00944. The van der Waals surface area contributed by atoms with Crippen molar-refractivity contribution in [3.63, 3.8) is 0 Å². The molecule has 8 nitrogen and oxygen atoms in total. The minimum Gasteiger partial charge on any atom is -0.458 e. The topological polar surface area (TPSA) is 92.7 Å². The molecule has 1 aromatic heterocycles. The molecule has 2 heterocycles. The van der Waals surface area contributed by atoms with Crippen molar-refractivity contribution in [2.45, 2.75) is 53.0 Å². The Labute approximate surface area is 207 Å². The van der Waals surface area contributed by atoms with Crippen molar-refractivity contribution < 1.29 is 19.1 Å². The summed E-state index contributed by atoms with van der Waals surface area (Å²) in [5.41, 5.74) is 2.27. The molecular weight excluding hydrogens is 444 g/mol. The van der Waals surface area contributed by atoms with E-state index in [0.717, 1.165) is 5.56 Å². The average molecular weight is 479 g/mol. The third kappa shape index (κ3) is 5.75. The van der Waals surface area contributed by atoms with E-state index in [2.05, 4.69) is 37.3 Å². The van der Waals surface area contributed by atoms with Gasteiger partial charge in [0.05, 0.1) is 5.69 Å². The number of aryl methyl sites for hydroxylation is 2. The molecule has 1 atom stereocenters. The molecule has 1 saturated heterocycles. The van der Waals surface area contributed by atoms with Gasteiger partial charge in [0.25, 0.3) is 11.8 Å². The summed E-state index contributed by atoms with van der Waals surface area (Å²) < 4.78 is 5.16. The van der Waals surface area contributed by atoms with Gasteiger partial charge in [0.2, 0.25) is 0 Å². The van der Waals surface area contributed by atoms with Crippen molar-refractivity contribution in [2.75, 3.05) is 26.2 Å². The van der Waals surface area contributed by atoms with Gasteiger partial charge in [0.1, 0.15) is 23.7 Å². The van der Waals surface area contributed by atoms with Crippen molar-refractivity contribution in [1.82, 2.24) is 19.8 Å². The van der Waals surface area contributed by atoms with Crippen molar-refractivity contribution in [3.05, 3.63) is 70.8 Å². The predicted octanol–water partition coefficient (Wildman–Crippen LogP) is 3.72. The van der Waals surface area contributed by atoms with Crippen LogP contribution in [0.2, 0.25) is 0 Å². The minimum atomic E-state index is -0.661. The van der Waals surface area contributed by atoms with Crippen molar-refractivity contribution >= 4 is 17.8 Å². The largest absolute Gasteiger partial charge is 0.458 e. The van der Waals surface area contributed by atoms with Crippen LogP contribution in [0, 0.1) is 13.8 Å². The van der Waals surface area contributed by atoms with E-state index in [9.17, 15) is 14.4 Å². The Morgan fingerprint density at radius 1 is 1.09 bits per heavy atom. The van der Waals surface area contributed by atoms with Gasteiger partial charge in [0.15, 0.2) is 0 Å². The van der Waals surface area contributed by atoms with Crippen LogP contribution >= 0.6 is 0 Å². The fourth-order valence-electron chi connectivity index (χ4n) is 4.19. The van der Waals surface area contributed by atoms with E-state index in [1.165, 1.54) is 6.08 Å². The van der Waals surface area contributed by atoms with Gasteiger partial charge >= 0.3 is 5.97 Å². The second kappa shape index (κ2) is 10.4. The number of carbonyl (C=O) groups excluding carboxylic acids is 3. The lowest BCUT2D eigenvalue weighted by Gasteiger charge is -2.40. The third-order valence-electron chi connectivity index (χ3n) is 6.11. The lowest BCUT2D eigenvalue weighted by molar-refractivity contribution is 0.0406. The number of hydrogen-bond donors (Lipinski definition) is 0. The van der Waals surface area contributed by atoms with Crippen LogP contribution < -0.4 is 0 Å². The van der Waals surface area contributed by atoms with Gasteiger partial charge < -0.3 is 14.5 Å². The predicted molar refractivity (Wildman–Crippen MR) is 134 cm³/mol. The Morgan fingerprint density at radius 2 is 1.74 bits per heavy atom. The highest BCUT2D eigenvalue weighted by Crippen LogP contribution is 2.24. The van der Waals surface area contributed by atoms with E-state index in [1.54, 1.807) is 23.6 Å². The Balaban J connectivity index is 1.77. The Kier molecular flexibility index (Phi) is 7.73. The van der Waals surface area contributed by atoms with Gasteiger partial charge in [0, 0.05) is 31.2 Å². The van der Waals surface area contributed by atoms with Crippen molar-refractivity contribution in [1.29, 1.82) is 0 Å². The number of aromatic nitrogens is 2. The van der Waals surface area contributed by atoms with Crippen LogP contribution in [0.25, 0.3) is 0 Å². The number of piperazine rings is 1. The molecule has 1 aromatic carbocycles. The molecule has 1 fully saturated rings. The van der Waals surface area contributed by atoms with E-state index >= 15 is 0 Å². The zero-order chi connectivity index (χ0) is 25.9. The van der Waals surface area contributed by atoms with Gasteiger partial charge in [-0.1, -0.05) is 45.6 Å². The van der Waals surface area contributed by atoms with Crippen LogP contribution in [-0.4, -0.2) is 69.8 Å². The highest BCUT2D eigenvalue weighted by atomic mass is 16.5. The first kappa shape index (κ1) is 26.1. The normalized spacial score (nSPS) is 16.1. The molecule has 1 aliphatic heterocycles. The Morgan fingerprint density at radius 3 is 2.31 bits per heavy atom. The fourth-order valence-corrected chi connectivity index (χ4v) is 4.19. The number of carbonyl (C=O) groups is 3. The van der Waals surface area contributed by atoms with Crippen molar-refractivity contribution in [2.24, 2.45) is 0 Å². The second-order valence-electron chi connectivity index (χ2n) is 9.89. The first-order chi connectivity index (χ1) is 16.4. The Hall–Kier alpha value is -3.55. The number of benzene rings is 1. The number of hydrogen-bond acceptors (Lipinski definition) is 6. The van der Waals surface area contributed by atoms with E-state index in [4.69, 9.17) is 4.74 Å². The first-order valence-electron chi connectivity index (χ1n) is 11.8. The van der Waals surface area contributed by atoms with Gasteiger partial charge in [-0.3, -0.25) is 9.59 Å². The summed E-state index contributed by atoms with van der Waals surface area (Å²) in [7, 11) is 0. The molecular formula is C27H34N4O4. The number of amides is 2. The molecule has 0 N–H and O–H groups in total. The van der Waals surface area contributed by atoms with Crippen LogP contribution in [0.4, 0.5) is 0 Å². The first-order valence-corrected chi connectivity index (χ1v) is 11.8. The summed E-state index contributed by atoms with van der Waals surface area (Å²) in [5, 5.41) is 0. The lowest BCUT2D eigenvalue weighted by Crippen LogP contribution is -2.55. The molecule has 1 aliphatic rings. The molecule has 0 aliphatic carbocycles. The number of esters is 1. The average Bonchev–Trinajstić information content (AvgIpc) is 2.80. The molecule has 3 rings (SSSR count). The zero-order valence-corrected chi connectivity index (χ0v) is 21.4. The number of rotatable bonds is 5. The summed E-state index contributed by atoms with van der Waals surface area (Å²) in [6.07, 6.45) is 1.46. The van der Waals surface area contributed by atoms with Crippen LogP contribution in [0.1, 0.15) is 76.0 Å². The van der Waals surface area contributed by atoms with Crippen LogP contribution in [-0.2, 0) is 10.2 Å². The smallest absolute Gasteiger partial charge is 0.342 e. The highest BCUT2D eigenvalue weighted by molar-refractivity contribution is 6.04. The Bertz CT molecular complexity index is 1140. The zero-order valence-electron chi connectivity index (χ0n) is 21.4. The van der Waals surface area contributed by atoms with E-state index in [-0.39, 0.29) is 41.1 Å². The molecule has 0 bridgehead atoms. The van der Waals surface area contributed by atoms with E-state index in [0.29, 0.717) is 36.7 Å². The maximum absolute atomic E-state index is 13.4. The molecule has 0 radical (unpaired) electrons. The van der Waals surface area contributed by atoms with E-state index in [1.807, 2.05) is 31.2 Å². The molecule has 1 unspecified atom stereocenters. The summed E-state index contributed by atoms with van der Waals surface area (Å²) in [6.45, 7) is 16.2. The SMILES string of the molecule is C=CCOC(=O)c1c(C)nc(C)nc1C(=O)N1CCN(C(=O)c2ccc(C(C)(C)C)cc2)C(C)C1. The summed E-state index contributed by atoms with van der Waals surface area (Å²) in [4.78, 5) is 51.2. The lowest BCUT2D eigenvalue weighted by atomic mass is 9.86. The maximum atomic E-state index is 13.4. The number of nitrogens with zero attached hydrogens (tertiary/aromatic N) is 4. The van der Waals surface area contributed by atoms with Crippen LogP contribution in [0.5, 0.6) is 0 Å². The highest BCUT2D eigenvalue weighted by Gasteiger charge is 2.34. The quantitative estimate of drug-likeness (QED) is 0.480. The third-order valence-corrected chi connectivity index (χ3v) is 6.11. The van der Waals surface area contributed by atoms with Crippen LogP contribution in [0.15, 0.2) is 36.9 Å². The number of ether oxygens (including phenoxy) is 1. The van der Waals surface area contributed by atoms with E-state index < -0.39 is 5.97 Å². The summed E-state index contributed by atoms with van der Waals surface area (Å²) >= 11 is 0. The molecule has 8 heteroatoms. The monoisotopic (exact) mass is 478 g/mol. The molecule has 35 heavy (non-hydrogen) atoms. The fraction of sp³-hybridized carbons (Fsp3) is 0.444. The van der Waals surface area contributed by atoms with Gasteiger partial charge in [-0.15, -0.1) is 0 Å². The van der Waals surface area contributed by atoms with Gasteiger partial charge in [-0.25, -0.2) is 14.8 Å². The van der Waals surface area contributed by atoms with Crippen LogP contribution in [0.3, 0.4) is 0 Å². The van der Waals surface area contributed by atoms with Gasteiger partial charge in [-0.2, -0.15) is 0 Å². The van der Waals surface area contributed by atoms with Gasteiger partial charge in [-0.05, 0) is 43.9 Å². The standard InChI is InChI=1S/C27H34N4O4/c1-8-15-35-26(34)22-18(3)28-19(4)29-23(22)25(33)30-13-14-31(17(2)16-30)24(32)20-9-11-21(12-10-20)27(5,6)7/h8-12,17H,1,13-16H2,2-7H3. The molecule has 2 amide bonds. The molecule has 0 spiro atoms.